The average Bonchev–Trinajstić information content (AvgIpc) is 2.82. The normalized spacial score (nSPS) is 22.9. The highest BCUT2D eigenvalue weighted by atomic mass is 32.2. The quantitative estimate of drug-likeness (QED) is 0.803. The number of Topliss-reactive ketones (excluding diaryl/α,β-unsaturated/α-hetero) is 1. The van der Waals surface area contributed by atoms with Gasteiger partial charge in [-0.25, -0.2) is 13.1 Å². The molecule has 2 N–H and O–H groups in total. The monoisotopic (exact) mass is 297 g/mol. The molecule has 2 atom stereocenters. The molecule has 5 nitrogen and oxygen atoms in total. The Morgan fingerprint density at radius 2 is 1.95 bits per heavy atom. The Morgan fingerprint density at radius 3 is 2.45 bits per heavy atom. The third-order valence-corrected chi connectivity index (χ3v) is 5.09. The zero-order chi connectivity index (χ0) is 14.8. The number of nitrogens with one attached hydrogen (secondary N) is 1. The molecule has 0 aromatic heterocycles. The Labute approximate surface area is 119 Å². The van der Waals surface area contributed by atoms with Gasteiger partial charge in [-0.1, -0.05) is 12.1 Å². The van der Waals surface area contributed by atoms with Crippen LogP contribution >= 0.6 is 0 Å². The van der Waals surface area contributed by atoms with Gasteiger partial charge in [0.1, 0.15) is 0 Å². The van der Waals surface area contributed by atoms with E-state index in [9.17, 15) is 18.3 Å². The molecule has 0 spiro atoms. The van der Waals surface area contributed by atoms with Crippen LogP contribution in [0.15, 0.2) is 29.2 Å². The molecule has 2 unspecified atom stereocenters. The molecule has 0 amide bonds. The van der Waals surface area contributed by atoms with Crippen molar-refractivity contribution in [2.45, 2.75) is 37.2 Å². The number of benzene rings is 1. The molecule has 110 valence electrons. The number of aliphatic hydroxyl groups excluding tert-OH is 1. The van der Waals surface area contributed by atoms with E-state index >= 15 is 0 Å². The van der Waals surface area contributed by atoms with E-state index in [2.05, 4.69) is 4.72 Å². The molecule has 1 aliphatic rings. The van der Waals surface area contributed by atoms with Crippen molar-refractivity contribution < 1.29 is 18.3 Å². The molecule has 6 heteroatoms. The lowest BCUT2D eigenvalue weighted by atomic mass is 10.1. The lowest BCUT2D eigenvalue weighted by Gasteiger charge is -2.11. The molecule has 20 heavy (non-hydrogen) atoms. The standard InChI is InChI=1S/C14H19NO4S/c1-10(16)12-3-6-14(7-4-12)20(18,19)15-9-11-2-5-13(17)8-11/h3-4,6-7,11,13,15,17H,2,5,8-9H2,1H3. The van der Waals surface area contributed by atoms with Gasteiger partial charge in [-0.15, -0.1) is 0 Å². The van der Waals surface area contributed by atoms with Crippen molar-refractivity contribution in [3.8, 4) is 0 Å². The fourth-order valence-electron chi connectivity index (χ4n) is 2.41. The summed E-state index contributed by atoms with van der Waals surface area (Å²) in [4.78, 5) is 11.3. The van der Waals surface area contributed by atoms with E-state index in [1.807, 2.05) is 0 Å². The highest BCUT2D eigenvalue weighted by Crippen LogP contribution is 2.25. The summed E-state index contributed by atoms with van der Waals surface area (Å²) < 4.78 is 26.7. The smallest absolute Gasteiger partial charge is 0.240 e. The van der Waals surface area contributed by atoms with Crippen molar-refractivity contribution in [2.75, 3.05) is 6.54 Å². The lowest BCUT2D eigenvalue weighted by molar-refractivity contribution is 0.101. The highest BCUT2D eigenvalue weighted by molar-refractivity contribution is 7.89. The molecule has 1 fully saturated rings. The van der Waals surface area contributed by atoms with E-state index in [4.69, 9.17) is 0 Å². The third kappa shape index (κ3) is 3.65. The van der Waals surface area contributed by atoms with Gasteiger partial charge in [-0.2, -0.15) is 0 Å². The zero-order valence-corrected chi connectivity index (χ0v) is 12.2. The van der Waals surface area contributed by atoms with Crippen LogP contribution in [0, 0.1) is 5.92 Å². The summed E-state index contributed by atoms with van der Waals surface area (Å²) in [7, 11) is -3.55. The minimum Gasteiger partial charge on any atom is -0.393 e. The van der Waals surface area contributed by atoms with Crippen LogP contribution in [0.5, 0.6) is 0 Å². The Balaban J connectivity index is 2.00. The van der Waals surface area contributed by atoms with Crippen LogP contribution < -0.4 is 4.72 Å². The number of carbonyl (C=O) groups excluding carboxylic acids is 1. The molecular formula is C14H19NO4S. The van der Waals surface area contributed by atoms with E-state index in [1.54, 1.807) is 0 Å². The largest absolute Gasteiger partial charge is 0.393 e. The Bertz CT molecular complexity index is 580. The number of rotatable bonds is 5. The number of aliphatic hydroxyl groups is 1. The first-order valence-electron chi connectivity index (χ1n) is 6.67. The van der Waals surface area contributed by atoms with Crippen LogP contribution in [0.1, 0.15) is 36.5 Å². The van der Waals surface area contributed by atoms with E-state index in [0.717, 1.165) is 12.8 Å². The number of ketones is 1. The van der Waals surface area contributed by atoms with Gasteiger partial charge in [-0.05, 0) is 44.2 Å². The molecule has 0 aliphatic heterocycles. The van der Waals surface area contributed by atoms with E-state index < -0.39 is 10.0 Å². The van der Waals surface area contributed by atoms with Crippen LogP contribution in [0.3, 0.4) is 0 Å². The number of sulfonamides is 1. The summed E-state index contributed by atoms with van der Waals surface area (Å²) in [5.74, 6) is 0.0955. The number of hydrogen-bond donors (Lipinski definition) is 2. The Kier molecular flexibility index (Phi) is 4.57. The summed E-state index contributed by atoms with van der Waals surface area (Å²) in [5, 5.41) is 9.42. The molecular weight excluding hydrogens is 278 g/mol. The molecule has 0 heterocycles. The van der Waals surface area contributed by atoms with Gasteiger partial charge in [0.15, 0.2) is 5.78 Å². The summed E-state index contributed by atoms with van der Waals surface area (Å²) in [5.41, 5.74) is 0.489. The van der Waals surface area contributed by atoms with Crippen LogP contribution in [-0.4, -0.2) is 32.0 Å². The van der Waals surface area contributed by atoms with Crippen molar-refractivity contribution in [3.05, 3.63) is 29.8 Å². The summed E-state index contributed by atoms with van der Waals surface area (Å²) in [6, 6.07) is 5.89. The maximum atomic E-state index is 12.1. The maximum absolute atomic E-state index is 12.1. The average molecular weight is 297 g/mol. The third-order valence-electron chi connectivity index (χ3n) is 3.65. The summed E-state index contributed by atoms with van der Waals surface area (Å²) in [6.45, 7) is 1.78. The van der Waals surface area contributed by atoms with Gasteiger partial charge in [0.25, 0.3) is 0 Å². The SMILES string of the molecule is CC(=O)c1ccc(S(=O)(=O)NCC2CCC(O)C2)cc1. The fraction of sp³-hybridized carbons (Fsp3) is 0.500. The molecule has 1 saturated carbocycles. The molecule has 0 saturated heterocycles. The second-order valence-electron chi connectivity index (χ2n) is 5.27. The van der Waals surface area contributed by atoms with Crippen molar-refractivity contribution in [1.82, 2.24) is 4.72 Å². The Hall–Kier alpha value is -1.24. The van der Waals surface area contributed by atoms with Gasteiger partial charge in [0.05, 0.1) is 11.0 Å². The van der Waals surface area contributed by atoms with Crippen LogP contribution in [-0.2, 0) is 10.0 Å². The summed E-state index contributed by atoms with van der Waals surface area (Å²) >= 11 is 0. The maximum Gasteiger partial charge on any atom is 0.240 e. The van der Waals surface area contributed by atoms with Crippen LogP contribution in [0.25, 0.3) is 0 Å². The first kappa shape index (κ1) is 15.2. The molecule has 2 rings (SSSR count). The molecule has 1 aromatic carbocycles. The topological polar surface area (TPSA) is 83.5 Å². The minimum absolute atomic E-state index is 0.0955. The van der Waals surface area contributed by atoms with Gasteiger partial charge < -0.3 is 5.11 Å². The number of hydrogen-bond acceptors (Lipinski definition) is 4. The Morgan fingerprint density at radius 1 is 1.30 bits per heavy atom. The van der Waals surface area contributed by atoms with E-state index in [-0.39, 0.29) is 22.7 Å². The van der Waals surface area contributed by atoms with Crippen molar-refractivity contribution in [2.24, 2.45) is 5.92 Å². The van der Waals surface area contributed by atoms with Gasteiger partial charge >= 0.3 is 0 Å². The van der Waals surface area contributed by atoms with Crippen LogP contribution in [0.2, 0.25) is 0 Å². The second kappa shape index (κ2) is 6.03. The van der Waals surface area contributed by atoms with E-state index in [1.165, 1.54) is 31.2 Å². The number of carbonyl (C=O) groups is 1. The molecule has 1 aliphatic carbocycles. The highest BCUT2D eigenvalue weighted by Gasteiger charge is 2.24. The van der Waals surface area contributed by atoms with Crippen molar-refractivity contribution in [1.29, 1.82) is 0 Å². The molecule has 0 radical (unpaired) electrons. The predicted octanol–water partition coefficient (Wildman–Crippen LogP) is 1.33. The zero-order valence-electron chi connectivity index (χ0n) is 11.4. The fourth-order valence-corrected chi connectivity index (χ4v) is 3.53. The van der Waals surface area contributed by atoms with E-state index in [0.29, 0.717) is 18.5 Å². The lowest BCUT2D eigenvalue weighted by Crippen LogP contribution is -2.28. The first-order valence-corrected chi connectivity index (χ1v) is 8.15. The van der Waals surface area contributed by atoms with Gasteiger partial charge in [0, 0.05) is 12.1 Å². The van der Waals surface area contributed by atoms with Gasteiger partial charge in [0.2, 0.25) is 10.0 Å². The molecule has 1 aromatic rings. The summed E-state index contributed by atoms with van der Waals surface area (Å²) in [6.07, 6.45) is 1.91. The minimum atomic E-state index is -3.55. The second-order valence-corrected chi connectivity index (χ2v) is 7.03. The van der Waals surface area contributed by atoms with Gasteiger partial charge in [-0.3, -0.25) is 4.79 Å². The predicted molar refractivity (Wildman–Crippen MR) is 75.0 cm³/mol. The molecule has 0 bridgehead atoms. The van der Waals surface area contributed by atoms with Crippen molar-refractivity contribution in [3.63, 3.8) is 0 Å². The first-order chi connectivity index (χ1) is 9.38. The van der Waals surface area contributed by atoms with Crippen LogP contribution in [0.4, 0.5) is 0 Å². The van der Waals surface area contributed by atoms with Crippen molar-refractivity contribution >= 4 is 15.8 Å².